The quantitative estimate of drug-likeness (QED) is 0.374. The Labute approximate surface area is 201 Å². The van der Waals surface area contributed by atoms with Crippen LogP contribution in [0.3, 0.4) is 0 Å². The molecule has 4 rings (SSSR count). The molecule has 1 aliphatic carbocycles. The van der Waals surface area contributed by atoms with Gasteiger partial charge < -0.3 is 5.11 Å². The number of unbranched alkanes of at least 4 members (excludes halogenated alkanes) is 7. The number of aromatic hydroxyl groups is 1. The van der Waals surface area contributed by atoms with Crippen LogP contribution >= 0.6 is 12.4 Å². The molecular formula is C29H42ClNO. The van der Waals surface area contributed by atoms with Crippen molar-refractivity contribution in [2.24, 2.45) is 5.92 Å². The van der Waals surface area contributed by atoms with E-state index >= 15 is 0 Å². The average Bonchev–Trinajstić information content (AvgIpc) is 2.78. The van der Waals surface area contributed by atoms with Crippen molar-refractivity contribution in [2.75, 3.05) is 13.1 Å². The average molecular weight is 456 g/mol. The molecule has 3 heteroatoms. The first kappa shape index (κ1) is 25.1. The zero-order valence-corrected chi connectivity index (χ0v) is 20.9. The lowest BCUT2D eigenvalue weighted by Gasteiger charge is -2.56. The topological polar surface area (TPSA) is 23.5 Å². The Bertz CT molecular complexity index is 838. The minimum atomic E-state index is 0. The van der Waals surface area contributed by atoms with E-state index in [4.69, 9.17) is 0 Å². The second-order valence-electron chi connectivity index (χ2n) is 10.00. The fraction of sp³-hybridized carbons (Fsp3) is 0.586. The van der Waals surface area contributed by atoms with Gasteiger partial charge in [-0.05, 0) is 67.1 Å². The van der Waals surface area contributed by atoms with Crippen LogP contribution in [0.15, 0.2) is 48.5 Å². The fourth-order valence-electron chi connectivity index (χ4n) is 6.45. The molecule has 3 atom stereocenters. The SMILES string of the molecule is CCCCCCCCCCN1CCC2(c3ccccc3)c3cc(O)ccc3CC1C2C.Cl. The summed E-state index contributed by atoms with van der Waals surface area (Å²) in [5.41, 5.74) is 4.25. The molecule has 1 N–H and O–H groups in total. The summed E-state index contributed by atoms with van der Waals surface area (Å²) in [5.74, 6) is 0.952. The summed E-state index contributed by atoms with van der Waals surface area (Å²) in [7, 11) is 0. The van der Waals surface area contributed by atoms with Crippen LogP contribution in [0, 0.1) is 5.92 Å². The predicted octanol–water partition coefficient (Wildman–Crippen LogP) is 7.51. The fourth-order valence-corrected chi connectivity index (χ4v) is 6.45. The number of fused-ring (bicyclic) bond motifs is 4. The summed E-state index contributed by atoms with van der Waals surface area (Å²) in [4.78, 5) is 2.79. The zero-order valence-electron chi connectivity index (χ0n) is 20.1. The second kappa shape index (κ2) is 11.6. The molecule has 2 aliphatic rings. The van der Waals surface area contributed by atoms with Gasteiger partial charge in [0.1, 0.15) is 5.75 Å². The van der Waals surface area contributed by atoms with Crippen LogP contribution in [0.5, 0.6) is 5.75 Å². The molecule has 1 aliphatic heterocycles. The molecule has 3 unspecified atom stereocenters. The van der Waals surface area contributed by atoms with E-state index in [2.05, 4.69) is 61.2 Å². The van der Waals surface area contributed by atoms with Gasteiger partial charge in [-0.15, -0.1) is 12.4 Å². The molecule has 176 valence electrons. The number of rotatable bonds is 10. The van der Waals surface area contributed by atoms with Gasteiger partial charge >= 0.3 is 0 Å². The van der Waals surface area contributed by atoms with Gasteiger partial charge in [0.15, 0.2) is 0 Å². The molecule has 2 aromatic carbocycles. The van der Waals surface area contributed by atoms with Crippen LogP contribution in [-0.2, 0) is 11.8 Å². The highest BCUT2D eigenvalue weighted by Gasteiger charge is 2.51. The van der Waals surface area contributed by atoms with Crippen LogP contribution in [-0.4, -0.2) is 29.1 Å². The summed E-state index contributed by atoms with van der Waals surface area (Å²) in [6, 6.07) is 17.8. The monoisotopic (exact) mass is 455 g/mol. The van der Waals surface area contributed by atoms with Crippen molar-refractivity contribution >= 4 is 12.4 Å². The van der Waals surface area contributed by atoms with Gasteiger partial charge in [-0.2, -0.15) is 0 Å². The summed E-state index contributed by atoms with van der Waals surface area (Å²) in [6.45, 7) is 7.15. The Morgan fingerprint density at radius 3 is 2.34 bits per heavy atom. The zero-order chi connectivity index (χ0) is 21.7. The van der Waals surface area contributed by atoms with Crippen molar-refractivity contribution in [3.8, 4) is 5.75 Å². The molecule has 1 saturated heterocycles. The second-order valence-corrected chi connectivity index (χ2v) is 10.00. The van der Waals surface area contributed by atoms with E-state index in [1.165, 1.54) is 74.6 Å². The summed E-state index contributed by atoms with van der Waals surface area (Å²) in [5, 5.41) is 10.3. The minimum absolute atomic E-state index is 0. The van der Waals surface area contributed by atoms with Gasteiger partial charge in [-0.1, -0.05) is 95.2 Å². The van der Waals surface area contributed by atoms with Crippen molar-refractivity contribution < 1.29 is 5.11 Å². The molecule has 0 spiro atoms. The standard InChI is InChI=1S/C29H41NO.ClH/c1-3-4-5-6-7-8-9-13-19-30-20-18-29(25-14-11-10-12-15-25)23(2)28(30)21-24-16-17-26(31)22-27(24)29;/h10-12,14-17,22-23,28,31H,3-9,13,18-21H2,1-2H3;1H. The van der Waals surface area contributed by atoms with Gasteiger partial charge in [0.25, 0.3) is 0 Å². The first-order valence-electron chi connectivity index (χ1n) is 12.8. The first-order valence-corrected chi connectivity index (χ1v) is 12.8. The molecule has 32 heavy (non-hydrogen) atoms. The lowest BCUT2D eigenvalue weighted by Crippen LogP contribution is -2.59. The number of phenols is 1. The number of phenolic OH excluding ortho intramolecular Hbond substituents is 1. The van der Waals surface area contributed by atoms with Crippen LogP contribution in [0.2, 0.25) is 0 Å². The Balaban J connectivity index is 0.00000289. The highest BCUT2D eigenvalue weighted by atomic mass is 35.5. The third-order valence-electron chi connectivity index (χ3n) is 8.21. The predicted molar refractivity (Wildman–Crippen MR) is 138 cm³/mol. The maximum atomic E-state index is 10.3. The smallest absolute Gasteiger partial charge is 0.115 e. The normalized spacial score (nSPS) is 24.6. The Morgan fingerprint density at radius 1 is 0.938 bits per heavy atom. The molecule has 1 fully saturated rings. The molecule has 2 nitrogen and oxygen atoms in total. The maximum absolute atomic E-state index is 10.3. The van der Waals surface area contributed by atoms with Crippen LogP contribution in [0.1, 0.15) is 88.3 Å². The van der Waals surface area contributed by atoms with E-state index in [-0.39, 0.29) is 17.8 Å². The third-order valence-corrected chi connectivity index (χ3v) is 8.21. The van der Waals surface area contributed by atoms with E-state index in [1.807, 2.05) is 6.07 Å². The van der Waals surface area contributed by atoms with Crippen molar-refractivity contribution in [1.29, 1.82) is 0 Å². The van der Waals surface area contributed by atoms with Gasteiger partial charge in [0.2, 0.25) is 0 Å². The van der Waals surface area contributed by atoms with Crippen LogP contribution in [0.4, 0.5) is 0 Å². The number of hydrogen-bond donors (Lipinski definition) is 1. The molecule has 1 heterocycles. The number of hydrogen-bond acceptors (Lipinski definition) is 2. The summed E-state index contributed by atoms with van der Waals surface area (Å²) < 4.78 is 0. The molecule has 0 saturated carbocycles. The highest BCUT2D eigenvalue weighted by molar-refractivity contribution is 5.85. The van der Waals surface area contributed by atoms with Gasteiger partial charge in [0, 0.05) is 11.5 Å². The molecule has 2 aromatic rings. The van der Waals surface area contributed by atoms with Gasteiger partial charge in [-0.3, -0.25) is 4.90 Å². The summed E-state index contributed by atoms with van der Waals surface area (Å²) in [6.07, 6.45) is 13.3. The lowest BCUT2D eigenvalue weighted by molar-refractivity contribution is 0.0396. The number of piperidine rings is 1. The van der Waals surface area contributed by atoms with Gasteiger partial charge in [0.05, 0.1) is 0 Å². The van der Waals surface area contributed by atoms with Crippen molar-refractivity contribution in [3.05, 3.63) is 65.2 Å². The van der Waals surface area contributed by atoms with Crippen LogP contribution < -0.4 is 0 Å². The molecule has 0 radical (unpaired) electrons. The van der Waals surface area contributed by atoms with E-state index in [9.17, 15) is 5.11 Å². The van der Waals surface area contributed by atoms with E-state index in [0.717, 1.165) is 19.4 Å². The minimum Gasteiger partial charge on any atom is -0.508 e. The molecule has 0 amide bonds. The van der Waals surface area contributed by atoms with Crippen molar-refractivity contribution in [1.82, 2.24) is 4.90 Å². The lowest BCUT2D eigenvalue weighted by atomic mass is 9.55. The highest BCUT2D eigenvalue weighted by Crippen LogP contribution is 2.53. The Kier molecular flexibility index (Phi) is 9.08. The van der Waals surface area contributed by atoms with E-state index in [0.29, 0.717) is 17.7 Å². The third kappa shape index (κ3) is 5.02. The van der Waals surface area contributed by atoms with Crippen LogP contribution in [0.25, 0.3) is 0 Å². The molecule has 0 aromatic heterocycles. The summed E-state index contributed by atoms with van der Waals surface area (Å²) >= 11 is 0. The number of likely N-dealkylation sites (tertiary alicyclic amines) is 1. The Hall–Kier alpha value is -1.51. The number of benzene rings is 2. The van der Waals surface area contributed by atoms with Crippen molar-refractivity contribution in [3.63, 3.8) is 0 Å². The van der Waals surface area contributed by atoms with E-state index in [1.54, 1.807) is 0 Å². The number of nitrogens with zero attached hydrogens (tertiary/aromatic N) is 1. The maximum Gasteiger partial charge on any atom is 0.115 e. The van der Waals surface area contributed by atoms with Gasteiger partial charge in [-0.25, -0.2) is 0 Å². The Morgan fingerprint density at radius 2 is 1.62 bits per heavy atom. The molecule has 2 bridgehead atoms. The van der Waals surface area contributed by atoms with E-state index < -0.39 is 0 Å². The largest absolute Gasteiger partial charge is 0.508 e. The van der Waals surface area contributed by atoms with Crippen molar-refractivity contribution in [2.45, 2.75) is 89.5 Å². The molecular weight excluding hydrogens is 414 g/mol. The first-order chi connectivity index (χ1) is 15.2. The number of halogens is 1.